The number of methoxy groups -OCH3 is 3. The Balaban J connectivity index is 1.80. The molecule has 0 bridgehead atoms. The molecule has 0 aliphatic rings. The van der Waals surface area contributed by atoms with Crippen molar-refractivity contribution in [3.05, 3.63) is 47.2 Å². The van der Waals surface area contributed by atoms with Crippen molar-refractivity contribution in [2.24, 2.45) is 0 Å². The number of hydrogen-bond donors (Lipinski definition) is 1. The van der Waals surface area contributed by atoms with Crippen molar-refractivity contribution in [3.8, 4) is 11.5 Å². The summed E-state index contributed by atoms with van der Waals surface area (Å²) in [7, 11) is 4.75. The Morgan fingerprint density at radius 2 is 1.90 bits per heavy atom. The summed E-state index contributed by atoms with van der Waals surface area (Å²) in [6.45, 7) is 0.786. The Morgan fingerprint density at radius 1 is 1.07 bits per heavy atom. The lowest BCUT2D eigenvalue weighted by Crippen LogP contribution is -2.16. The van der Waals surface area contributed by atoms with Gasteiger partial charge in [-0.15, -0.1) is 0 Å². The molecule has 2 heterocycles. The van der Waals surface area contributed by atoms with E-state index in [2.05, 4.69) is 15.3 Å². The van der Waals surface area contributed by atoms with Gasteiger partial charge in [-0.05, 0) is 18.2 Å². The van der Waals surface area contributed by atoms with E-state index in [1.165, 1.54) is 10.9 Å². The van der Waals surface area contributed by atoms with E-state index in [1.54, 1.807) is 33.5 Å². The van der Waals surface area contributed by atoms with Crippen LogP contribution < -0.4 is 20.5 Å². The molecule has 0 aliphatic carbocycles. The van der Waals surface area contributed by atoms with Gasteiger partial charge in [0.15, 0.2) is 17.1 Å². The van der Waals surface area contributed by atoms with Gasteiger partial charge in [0.25, 0.3) is 0 Å². The maximum absolute atomic E-state index is 12.2. The number of rotatable bonds is 7. The normalized spacial score (nSPS) is 11.1. The van der Waals surface area contributed by atoms with Crippen LogP contribution >= 0.6 is 0 Å². The lowest BCUT2D eigenvalue weighted by molar-refractivity contribution is 0.186. The number of nitrogens with zero attached hydrogens (tertiary/aromatic N) is 3. The molecule has 150 valence electrons. The standard InChI is InChI=1S/C20H20N4O5/c1-26-7-6-24-15-9-13-14(10-17(15)29-20(24)25)21-11-22-19(13)23-12-4-5-16(27-2)18(8-12)28-3/h4-5,8-11H,6-7H2,1-3H3,(H,21,22,23). The van der Waals surface area contributed by atoms with Crippen LogP contribution in [0.25, 0.3) is 22.0 Å². The Morgan fingerprint density at radius 3 is 2.66 bits per heavy atom. The van der Waals surface area contributed by atoms with E-state index in [1.807, 2.05) is 18.2 Å². The lowest BCUT2D eigenvalue weighted by Gasteiger charge is -2.12. The van der Waals surface area contributed by atoms with E-state index in [9.17, 15) is 4.79 Å². The number of hydrogen-bond acceptors (Lipinski definition) is 8. The molecule has 0 amide bonds. The number of nitrogens with one attached hydrogen (secondary N) is 1. The largest absolute Gasteiger partial charge is 0.493 e. The summed E-state index contributed by atoms with van der Waals surface area (Å²) in [6, 6.07) is 9.06. The molecule has 0 unspecified atom stereocenters. The first-order chi connectivity index (χ1) is 14.1. The molecule has 2 aromatic heterocycles. The maximum atomic E-state index is 12.2. The van der Waals surface area contributed by atoms with Gasteiger partial charge in [-0.25, -0.2) is 14.8 Å². The molecule has 4 aromatic rings. The monoisotopic (exact) mass is 396 g/mol. The third-order valence-corrected chi connectivity index (χ3v) is 4.59. The highest BCUT2D eigenvalue weighted by molar-refractivity contribution is 5.98. The van der Waals surface area contributed by atoms with Crippen molar-refractivity contribution in [1.82, 2.24) is 14.5 Å². The van der Waals surface area contributed by atoms with E-state index in [-0.39, 0.29) is 0 Å². The summed E-state index contributed by atoms with van der Waals surface area (Å²) < 4.78 is 22.6. The topological polar surface area (TPSA) is 101 Å². The Bertz CT molecular complexity index is 1230. The van der Waals surface area contributed by atoms with E-state index >= 15 is 0 Å². The minimum atomic E-state index is -0.435. The first kappa shape index (κ1) is 18.8. The molecule has 0 fully saturated rings. The van der Waals surface area contributed by atoms with Crippen molar-refractivity contribution in [2.75, 3.05) is 33.3 Å². The second kappa shape index (κ2) is 7.80. The Kier molecular flexibility index (Phi) is 5.05. The smallest absolute Gasteiger partial charge is 0.420 e. The van der Waals surface area contributed by atoms with Crippen molar-refractivity contribution >= 4 is 33.5 Å². The number of aromatic nitrogens is 3. The zero-order valence-corrected chi connectivity index (χ0v) is 16.3. The Labute approximate surface area is 165 Å². The van der Waals surface area contributed by atoms with Gasteiger partial charge in [-0.3, -0.25) is 4.57 Å². The summed E-state index contributed by atoms with van der Waals surface area (Å²) >= 11 is 0. The first-order valence-corrected chi connectivity index (χ1v) is 8.90. The fraction of sp³-hybridized carbons (Fsp3) is 0.250. The molecule has 0 aliphatic heterocycles. The van der Waals surface area contributed by atoms with Crippen molar-refractivity contribution in [2.45, 2.75) is 6.54 Å². The molecular formula is C20H20N4O5. The second-order valence-electron chi connectivity index (χ2n) is 6.27. The lowest BCUT2D eigenvalue weighted by atomic mass is 10.2. The second-order valence-corrected chi connectivity index (χ2v) is 6.27. The van der Waals surface area contributed by atoms with Gasteiger partial charge in [-0.1, -0.05) is 0 Å². The molecule has 9 heteroatoms. The number of benzene rings is 2. The van der Waals surface area contributed by atoms with Crippen molar-refractivity contribution in [3.63, 3.8) is 0 Å². The summed E-state index contributed by atoms with van der Waals surface area (Å²) in [4.78, 5) is 20.9. The maximum Gasteiger partial charge on any atom is 0.420 e. The quantitative estimate of drug-likeness (QED) is 0.509. The number of oxazole rings is 1. The molecule has 4 rings (SSSR count). The van der Waals surface area contributed by atoms with E-state index in [4.69, 9.17) is 18.6 Å². The summed E-state index contributed by atoms with van der Waals surface area (Å²) in [5, 5.41) is 4.03. The third-order valence-electron chi connectivity index (χ3n) is 4.59. The van der Waals surface area contributed by atoms with Gasteiger partial charge in [0.1, 0.15) is 12.1 Å². The van der Waals surface area contributed by atoms with Gasteiger partial charge >= 0.3 is 5.76 Å². The van der Waals surface area contributed by atoms with Crippen LogP contribution in [0.4, 0.5) is 11.5 Å². The molecule has 0 saturated carbocycles. The summed E-state index contributed by atoms with van der Waals surface area (Å²) in [5.41, 5.74) is 2.55. The van der Waals surface area contributed by atoms with Gasteiger partial charge < -0.3 is 23.9 Å². The molecule has 0 radical (unpaired) electrons. The van der Waals surface area contributed by atoms with E-state index in [0.717, 1.165) is 11.1 Å². The van der Waals surface area contributed by atoms with E-state index < -0.39 is 5.76 Å². The number of anilines is 2. The van der Waals surface area contributed by atoms with E-state index in [0.29, 0.717) is 47.1 Å². The van der Waals surface area contributed by atoms with Crippen LogP contribution in [-0.4, -0.2) is 42.5 Å². The van der Waals surface area contributed by atoms with Gasteiger partial charge in [0, 0.05) is 30.3 Å². The van der Waals surface area contributed by atoms with Crippen LogP contribution in [0.5, 0.6) is 11.5 Å². The fourth-order valence-electron chi connectivity index (χ4n) is 3.16. The average Bonchev–Trinajstić information content (AvgIpc) is 3.04. The third kappa shape index (κ3) is 3.47. The number of fused-ring (bicyclic) bond motifs is 2. The van der Waals surface area contributed by atoms with Crippen LogP contribution in [0.3, 0.4) is 0 Å². The predicted molar refractivity (Wildman–Crippen MR) is 108 cm³/mol. The molecule has 0 saturated heterocycles. The van der Waals surface area contributed by atoms with Gasteiger partial charge in [-0.2, -0.15) is 0 Å². The molecule has 29 heavy (non-hydrogen) atoms. The van der Waals surface area contributed by atoms with Gasteiger partial charge in [0.2, 0.25) is 0 Å². The molecular weight excluding hydrogens is 376 g/mol. The van der Waals surface area contributed by atoms with Crippen molar-refractivity contribution in [1.29, 1.82) is 0 Å². The molecule has 2 aromatic carbocycles. The SMILES string of the molecule is COCCn1c(=O)oc2cc3ncnc(Nc4ccc(OC)c(OC)c4)c3cc21. The molecule has 0 atom stereocenters. The predicted octanol–water partition coefficient (Wildman–Crippen LogP) is 2.94. The average molecular weight is 396 g/mol. The summed E-state index contributed by atoms with van der Waals surface area (Å²) in [6.07, 6.45) is 1.46. The highest BCUT2D eigenvalue weighted by atomic mass is 16.5. The van der Waals surface area contributed by atoms with Crippen LogP contribution in [0.2, 0.25) is 0 Å². The van der Waals surface area contributed by atoms with Crippen LogP contribution in [0, 0.1) is 0 Å². The van der Waals surface area contributed by atoms with Gasteiger partial charge in [0.05, 0.1) is 38.4 Å². The molecule has 9 nitrogen and oxygen atoms in total. The minimum absolute atomic E-state index is 0.389. The molecule has 1 N–H and O–H groups in total. The highest BCUT2D eigenvalue weighted by Crippen LogP contribution is 2.32. The Hall–Kier alpha value is -3.59. The molecule has 0 spiro atoms. The van der Waals surface area contributed by atoms with Crippen LogP contribution in [0.1, 0.15) is 0 Å². The van der Waals surface area contributed by atoms with Crippen LogP contribution in [0.15, 0.2) is 45.9 Å². The zero-order chi connectivity index (χ0) is 20.4. The first-order valence-electron chi connectivity index (χ1n) is 8.90. The highest BCUT2D eigenvalue weighted by Gasteiger charge is 2.14. The summed E-state index contributed by atoms with van der Waals surface area (Å²) in [5.74, 6) is 1.39. The zero-order valence-electron chi connectivity index (χ0n) is 16.3. The van der Waals surface area contributed by atoms with Crippen molar-refractivity contribution < 1.29 is 18.6 Å². The fourth-order valence-corrected chi connectivity index (χ4v) is 3.16. The minimum Gasteiger partial charge on any atom is -0.493 e. The number of ether oxygens (including phenoxy) is 3. The van der Waals surface area contributed by atoms with Crippen LogP contribution in [-0.2, 0) is 11.3 Å².